The number of aryl methyl sites for hydroxylation is 1. The molecule has 0 saturated carbocycles. The molecule has 1 aromatic heterocycles. The highest BCUT2D eigenvalue weighted by molar-refractivity contribution is 6.19. The molecule has 1 aliphatic heterocycles. The topological polar surface area (TPSA) is 108 Å². The second-order valence-electron chi connectivity index (χ2n) is 6.75. The van der Waals surface area contributed by atoms with Gasteiger partial charge in [-0.05, 0) is 13.0 Å². The molecule has 8 nitrogen and oxygen atoms in total. The normalized spacial score (nSPS) is 15.3. The average Bonchev–Trinajstić information content (AvgIpc) is 2.89. The van der Waals surface area contributed by atoms with Crippen LogP contribution < -0.4 is 16.0 Å². The Labute approximate surface area is 173 Å². The second-order valence-corrected chi connectivity index (χ2v) is 6.75. The Balaban J connectivity index is 1.56. The predicted molar refractivity (Wildman–Crippen MR) is 114 cm³/mol. The number of hydrogen-bond acceptors (Lipinski definition) is 6. The monoisotopic (exact) mass is 400 g/mol. The minimum Gasteiger partial charge on any atom is -0.361 e. The van der Waals surface area contributed by atoms with Crippen LogP contribution in [-0.2, 0) is 9.59 Å². The lowest BCUT2D eigenvalue weighted by Crippen LogP contribution is -2.44. The van der Waals surface area contributed by atoms with Crippen molar-refractivity contribution in [2.45, 2.75) is 13.1 Å². The number of carbonyl (C=O) groups is 2. The maximum Gasteiger partial charge on any atom is 0.269 e. The van der Waals surface area contributed by atoms with Crippen LogP contribution in [0.25, 0.3) is 0 Å². The van der Waals surface area contributed by atoms with Gasteiger partial charge in [-0.3, -0.25) is 9.59 Å². The summed E-state index contributed by atoms with van der Waals surface area (Å²) in [4.78, 5) is 37.9. The second kappa shape index (κ2) is 8.52. The van der Waals surface area contributed by atoms with E-state index in [1.165, 1.54) is 6.33 Å². The van der Waals surface area contributed by atoms with Crippen LogP contribution in [-0.4, -0.2) is 40.2 Å². The Bertz CT molecular complexity index is 1110. The van der Waals surface area contributed by atoms with Gasteiger partial charge in [0, 0.05) is 22.9 Å². The number of nitrogens with one attached hydrogen (secondary N) is 3. The fraction of sp³-hybridized carbons (Fsp3) is 0.136. The van der Waals surface area contributed by atoms with Crippen molar-refractivity contribution in [3.05, 3.63) is 83.8 Å². The molecular formula is C22H20N6O2. The number of benzene rings is 2. The summed E-state index contributed by atoms with van der Waals surface area (Å²) < 4.78 is 0. The summed E-state index contributed by atoms with van der Waals surface area (Å²) in [5.41, 5.74) is 3.72. The van der Waals surface area contributed by atoms with E-state index in [0.29, 0.717) is 17.2 Å². The Morgan fingerprint density at radius 1 is 1.07 bits per heavy atom. The maximum atomic E-state index is 12.7. The molecule has 30 heavy (non-hydrogen) atoms. The third-order valence-corrected chi connectivity index (χ3v) is 4.53. The molecule has 1 atom stereocenters. The molecule has 1 aliphatic rings. The standard InChI is InChI=1S/C22H20N6O2/c1-14-11-18(25-13-24-14)23-12-19(29)27-21-22(30)26-17-10-6-5-9-16(17)20(28-21)15-7-3-2-4-8-15/h2-11,13,21H,12H2,1H3,(H,26,30)(H,27,29)(H,23,24,25)/t21-/m0/s1. The minimum atomic E-state index is -1.06. The van der Waals surface area contributed by atoms with Crippen molar-refractivity contribution < 1.29 is 9.59 Å². The van der Waals surface area contributed by atoms with Crippen LogP contribution in [0.5, 0.6) is 0 Å². The number of fused-ring (bicyclic) bond motifs is 1. The van der Waals surface area contributed by atoms with Crippen LogP contribution in [0.3, 0.4) is 0 Å². The van der Waals surface area contributed by atoms with Crippen molar-refractivity contribution in [3.63, 3.8) is 0 Å². The third kappa shape index (κ3) is 4.33. The van der Waals surface area contributed by atoms with Gasteiger partial charge in [0.15, 0.2) is 0 Å². The van der Waals surface area contributed by atoms with E-state index >= 15 is 0 Å². The Morgan fingerprint density at radius 2 is 1.83 bits per heavy atom. The first-order valence-electron chi connectivity index (χ1n) is 9.45. The van der Waals surface area contributed by atoms with Crippen LogP contribution in [0, 0.1) is 6.92 Å². The lowest BCUT2D eigenvalue weighted by molar-refractivity contribution is -0.125. The zero-order valence-corrected chi connectivity index (χ0v) is 16.3. The number of carbonyl (C=O) groups excluding carboxylic acids is 2. The molecule has 3 aromatic rings. The van der Waals surface area contributed by atoms with Gasteiger partial charge in [0.1, 0.15) is 12.1 Å². The lowest BCUT2D eigenvalue weighted by atomic mass is 10.0. The van der Waals surface area contributed by atoms with Gasteiger partial charge in [0.05, 0.1) is 17.9 Å². The summed E-state index contributed by atoms with van der Waals surface area (Å²) in [5.74, 6) is -0.253. The van der Waals surface area contributed by atoms with Gasteiger partial charge in [-0.25, -0.2) is 15.0 Å². The number of rotatable bonds is 5. The van der Waals surface area contributed by atoms with E-state index in [-0.39, 0.29) is 12.5 Å². The largest absolute Gasteiger partial charge is 0.361 e. The van der Waals surface area contributed by atoms with Gasteiger partial charge in [-0.1, -0.05) is 48.5 Å². The molecule has 0 unspecified atom stereocenters. The number of hydrogen-bond donors (Lipinski definition) is 3. The fourth-order valence-corrected chi connectivity index (χ4v) is 3.11. The zero-order valence-electron chi connectivity index (χ0n) is 16.3. The van der Waals surface area contributed by atoms with Crippen molar-refractivity contribution in [2.24, 2.45) is 4.99 Å². The van der Waals surface area contributed by atoms with Crippen LogP contribution >= 0.6 is 0 Å². The van der Waals surface area contributed by atoms with Crippen LogP contribution in [0.15, 0.2) is 72.0 Å². The summed E-state index contributed by atoms with van der Waals surface area (Å²) in [7, 11) is 0. The van der Waals surface area contributed by atoms with Gasteiger partial charge < -0.3 is 16.0 Å². The predicted octanol–water partition coefficient (Wildman–Crippen LogP) is 2.13. The molecule has 2 heterocycles. The van der Waals surface area contributed by atoms with Crippen molar-refractivity contribution in [2.75, 3.05) is 17.2 Å². The van der Waals surface area contributed by atoms with E-state index in [9.17, 15) is 9.59 Å². The first kappa shape index (κ1) is 19.3. The highest BCUT2D eigenvalue weighted by atomic mass is 16.2. The van der Waals surface area contributed by atoms with E-state index < -0.39 is 12.1 Å². The Morgan fingerprint density at radius 3 is 2.63 bits per heavy atom. The van der Waals surface area contributed by atoms with Crippen LogP contribution in [0.2, 0.25) is 0 Å². The lowest BCUT2D eigenvalue weighted by Gasteiger charge is -2.14. The molecule has 0 spiro atoms. The number of nitrogens with zero attached hydrogens (tertiary/aromatic N) is 3. The Hall–Kier alpha value is -4.07. The summed E-state index contributed by atoms with van der Waals surface area (Å²) in [6.07, 6.45) is 0.358. The molecule has 0 saturated heterocycles. The van der Waals surface area contributed by atoms with E-state index in [2.05, 4.69) is 30.9 Å². The van der Waals surface area contributed by atoms with Crippen molar-refractivity contribution >= 4 is 29.0 Å². The highest BCUT2D eigenvalue weighted by Crippen LogP contribution is 2.23. The molecule has 4 rings (SSSR count). The molecule has 0 fully saturated rings. The molecule has 0 bridgehead atoms. The number of para-hydroxylation sites is 1. The zero-order chi connectivity index (χ0) is 20.9. The molecule has 2 amide bonds. The molecule has 2 aromatic carbocycles. The smallest absolute Gasteiger partial charge is 0.269 e. The van der Waals surface area contributed by atoms with E-state index in [1.807, 2.05) is 61.5 Å². The van der Waals surface area contributed by atoms with Crippen molar-refractivity contribution in [1.29, 1.82) is 0 Å². The van der Waals surface area contributed by atoms with Crippen molar-refractivity contribution in [1.82, 2.24) is 15.3 Å². The van der Waals surface area contributed by atoms with Gasteiger partial charge in [-0.2, -0.15) is 0 Å². The molecule has 8 heteroatoms. The van der Waals surface area contributed by atoms with Crippen LogP contribution in [0.1, 0.15) is 16.8 Å². The Kier molecular flexibility index (Phi) is 5.47. The summed E-state index contributed by atoms with van der Waals surface area (Å²) in [6, 6.07) is 18.7. The highest BCUT2D eigenvalue weighted by Gasteiger charge is 2.26. The molecular weight excluding hydrogens is 380 g/mol. The van der Waals surface area contributed by atoms with Gasteiger partial charge in [0.2, 0.25) is 12.1 Å². The van der Waals surface area contributed by atoms with Gasteiger partial charge in [-0.15, -0.1) is 0 Å². The minimum absolute atomic E-state index is 0.0522. The molecule has 3 N–H and O–H groups in total. The molecule has 0 radical (unpaired) electrons. The number of aromatic nitrogens is 2. The van der Waals surface area contributed by atoms with E-state index in [4.69, 9.17) is 0 Å². The van der Waals surface area contributed by atoms with Crippen molar-refractivity contribution in [3.8, 4) is 0 Å². The number of benzodiazepines with no additional fused rings is 1. The average molecular weight is 400 g/mol. The van der Waals surface area contributed by atoms with E-state index in [0.717, 1.165) is 16.8 Å². The summed E-state index contributed by atoms with van der Waals surface area (Å²) >= 11 is 0. The van der Waals surface area contributed by atoms with Gasteiger partial charge in [0.25, 0.3) is 5.91 Å². The van der Waals surface area contributed by atoms with Gasteiger partial charge >= 0.3 is 0 Å². The van der Waals surface area contributed by atoms with E-state index in [1.54, 1.807) is 6.07 Å². The molecule has 0 aliphatic carbocycles. The maximum absolute atomic E-state index is 12.7. The molecule has 150 valence electrons. The summed E-state index contributed by atoms with van der Waals surface area (Å²) in [6.45, 7) is 1.78. The van der Waals surface area contributed by atoms with Crippen LogP contribution in [0.4, 0.5) is 11.5 Å². The third-order valence-electron chi connectivity index (χ3n) is 4.53. The first-order chi connectivity index (χ1) is 14.6. The number of amides is 2. The SMILES string of the molecule is Cc1cc(NCC(=O)N[C@H]2N=C(c3ccccc3)c3ccccc3NC2=O)ncn1. The number of anilines is 2. The first-order valence-corrected chi connectivity index (χ1v) is 9.45. The number of aliphatic imine (C=N–C) groups is 1. The quantitative estimate of drug-likeness (QED) is 0.608. The fourth-order valence-electron chi connectivity index (χ4n) is 3.11. The summed E-state index contributed by atoms with van der Waals surface area (Å²) in [5, 5.41) is 8.46.